The number of hydrogen-bond donors (Lipinski definition) is 0. The molecule has 4 nitrogen and oxygen atoms in total. The largest absolute Gasteiger partial charge is 0.356 e. The van der Waals surface area contributed by atoms with Crippen LogP contribution in [0.2, 0.25) is 0 Å². The molecule has 2 aliphatic rings. The Morgan fingerprint density at radius 1 is 1.09 bits per heavy atom. The van der Waals surface area contributed by atoms with Gasteiger partial charge in [-0.3, -0.25) is 0 Å². The van der Waals surface area contributed by atoms with Crippen molar-refractivity contribution in [3.05, 3.63) is 42.0 Å². The highest BCUT2D eigenvalue weighted by molar-refractivity contribution is 5.68. The quantitative estimate of drug-likeness (QED) is 0.846. The van der Waals surface area contributed by atoms with Gasteiger partial charge >= 0.3 is 0 Å². The Hall–Kier alpha value is -2.17. The van der Waals surface area contributed by atoms with Crippen molar-refractivity contribution in [2.45, 2.75) is 38.6 Å². The standard InChI is InChI=1S/C18H21FN4/c1-13-4-5-14-10-15(19)6-7-16(14)23(13)18-11-17(20-12-21-18)22-8-2-3-9-22/h6-7,10-13H,2-5,8-9H2,1H3. The molecule has 3 heterocycles. The van der Waals surface area contributed by atoms with E-state index < -0.39 is 0 Å². The number of nitrogens with zero attached hydrogens (tertiary/aromatic N) is 4. The zero-order valence-electron chi connectivity index (χ0n) is 13.4. The van der Waals surface area contributed by atoms with Crippen LogP contribution in [0.4, 0.5) is 21.7 Å². The first-order valence-electron chi connectivity index (χ1n) is 8.37. The van der Waals surface area contributed by atoms with Gasteiger partial charge in [0.25, 0.3) is 0 Å². The molecule has 0 amide bonds. The molecule has 2 aromatic rings. The van der Waals surface area contributed by atoms with Crippen LogP contribution in [0.25, 0.3) is 0 Å². The third kappa shape index (κ3) is 2.64. The SMILES string of the molecule is CC1CCc2cc(F)ccc2N1c1cc(N2CCCC2)ncn1. The van der Waals surface area contributed by atoms with Crippen molar-refractivity contribution in [1.29, 1.82) is 0 Å². The van der Waals surface area contributed by atoms with E-state index in [1.165, 1.54) is 18.9 Å². The molecule has 4 rings (SSSR count). The normalized spacial score (nSPS) is 20.7. The minimum Gasteiger partial charge on any atom is -0.356 e. The maximum Gasteiger partial charge on any atom is 0.138 e. The number of hydrogen-bond acceptors (Lipinski definition) is 4. The summed E-state index contributed by atoms with van der Waals surface area (Å²) in [6, 6.07) is 7.47. The second kappa shape index (κ2) is 5.80. The zero-order chi connectivity index (χ0) is 15.8. The summed E-state index contributed by atoms with van der Waals surface area (Å²) in [7, 11) is 0. The topological polar surface area (TPSA) is 32.3 Å². The van der Waals surface area contributed by atoms with Gasteiger partial charge in [0.05, 0.1) is 0 Å². The number of fused-ring (bicyclic) bond motifs is 1. The lowest BCUT2D eigenvalue weighted by atomic mass is 9.96. The number of aromatic nitrogens is 2. The molecule has 1 unspecified atom stereocenters. The second-order valence-corrected chi connectivity index (χ2v) is 6.46. The first-order valence-corrected chi connectivity index (χ1v) is 8.37. The fourth-order valence-electron chi connectivity index (χ4n) is 3.66. The Kier molecular flexibility index (Phi) is 3.63. The maximum absolute atomic E-state index is 13.5. The molecule has 1 aromatic carbocycles. The number of aryl methyl sites for hydroxylation is 1. The van der Waals surface area contributed by atoms with Crippen molar-refractivity contribution in [3.8, 4) is 0 Å². The lowest BCUT2D eigenvalue weighted by Crippen LogP contribution is -2.34. The lowest BCUT2D eigenvalue weighted by molar-refractivity contribution is 0.595. The van der Waals surface area contributed by atoms with E-state index >= 15 is 0 Å². The fraction of sp³-hybridized carbons (Fsp3) is 0.444. The first kappa shape index (κ1) is 14.4. The van der Waals surface area contributed by atoms with Crippen LogP contribution >= 0.6 is 0 Å². The molecule has 1 atom stereocenters. The monoisotopic (exact) mass is 312 g/mol. The van der Waals surface area contributed by atoms with Gasteiger partial charge in [0.2, 0.25) is 0 Å². The van der Waals surface area contributed by atoms with Crippen LogP contribution in [-0.4, -0.2) is 29.1 Å². The van der Waals surface area contributed by atoms with Crippen LogP contribution < -0.4 is 9.80 Å². The molecule has 0 spiro atoms. The highest BCUT2D eigenvalue weighted by Crippen LogP contribution is 2.37. The van der Waals surface area contributed by atoms with Crippen LogP contribution in [-0.2, 0) is 6.42 Å². The Bertz CT molecular complexity index is 712. The summed E-state index contributed by atoms with van der Waals surface area (Å²) in [4.78, 5) is 13.5. The summed E-state index contributed by atoms with van der Waals surface area (Å²) < 4.78 is 13.5. The number of anilines is 3. The van der Waals surface area contributed by atoms with Crippen molar-refractivity contribution in [2.75, 3.05) is 22.9 Å². The van der Waals surface area contributed by atoms with Gasteiger partial charge in [-0.05, 0) is 56.4 Å². The number of rotatable bonds is 2. The van der Waals surface area contributed by atoms with Gasteiger partial charge in [-0.2, -0.15) is 0 Å². The van der Waals surface area contributed by atoms with E-state index in [-0.39, 0.29) is 5.82 Å². The average Bonchev–Trinajstić information content (AvgIpc) is 3.10. The predicted octanol–water partition coefficient (Wildman–Crippen LogP) is 3.69. The van der Waals surface area contributed by atoms with Crippen LogP contribution in [0.3, 0.4) is 0 Å². The first-order chi connectivity index (χ1) is 11.2. The minimum absolute atomic E-state index is 0.168. The molecular weight excluding hydrogens is 291 g/mol. The fourth-order valence-corrected chi connectivity index (χ4v) is 3.66. The maximum atomic E-state index is 13.5. The summed E-state index contributed by atoms with van der Waals surface area (Å²) in [6.45, 7) is 4.32. The van der Waals surface area contributed by atoms with Gasteiger partial charge < -0.3 is 9.80 Å². The average molecular weight is 312 g/mol. The van der Waals surface area contributed by atoms with E-state index in [1.54, 1.807) is 12.4 Å². The van der Waals surface area contributed by atoms with E-state index in [9.17, 15) is 4.39 Å². The summed E-state index contributed by atoms with van der Waals surface area (Å²) in [5, 5.41) is 0. The van der Waals surface area contributed by atoms with Crippen molar-refractivity contribution < 1.29 is 4.39 Å². The number of halogens is 1. The van der Waals surface area contributed by atoms with Gasteiger partial charge in [0.15, 0.2) is 0 Å². The van der Waals surface area contributed by atoms with Crippen LogP contribution in [0.5, 0.6) is 0 Å². The molecule has 1 aromatic heterocycles. The van der Waals surface area contributed by atoms with Crippen LogP contribution in [0, 0.1) is 5.82 Å². The third-order valence-electron chi connectivity index (χ3n) is 4.89. The molecule has 0 bridgehead atoms. The van der Waals surface area contributed by atoms with E-state index in [0.29, 0.717) is 6.04 Å². The zero-order valence-corrected chi connectivity index (χ0v) is 13.4. The van der Waals surface area contributed by atoms with Crippen molar-refractivity contribution in [2.24, 2.45) is 0 Å². The van der Waals surface area contributed by atoms with Crippen molar-refractivity contribution in [3.63, 3.8) is 0 Å². The molecule has 1 fully saturated rings. The van der Waals surface area contributed by atoms with Gasteiger partial charge in [-0.1, -0.05) is 0 Å². The molecule has 0 aliphatic carbocycles. The Morgan fingerprint density at radius 3 is 2.70 bits per heavy atom. The lowest BCUT2D eigenvalue weighted by Gasteiger charge is -2.36. The van der Waals surface area contributed by atoms with Gasteiger partial charge in [-0.25, -0.2) is 14.4 Å². The molecule has 1 saturated heterocycles. The summed E-state index contributed by atoms with van der Waals surface area (Å²) in [6.07, 6.45) is 6.00. The van der Waals surface area contributed by atoms with Gasteiger partial charge in [0, 0.05) is 30.9 Å². The van der Waals surface area contributed by atoms with Gasteiger partial charge in [-0.15, -0.1) is 0 Å². The summed E-state index contributed by atoms with van der Waals surface area (Å²) >= 11 is 0. The molecule has 0 radical (unpaired) electrons. The minimum atomic E-state index is -0.168. The van der Waals surface area contributed by atoms with E-state index in [0.717, 1.165) is 48.8 Å². The molecule has 5 heteroatoms. The highest BCUT2D eigenvalue weighted by Gasteiger charge is 2.26. The Morgan fingerprint density at radius 2 is 1.87 bits per heavy atom. The predicted molar refractivity (Wildman–Crippen MR) is 89.8 cm³/mol. The summed E-state index contributed by atoms with van der Waals surface area (Å²) in [5.74, 6) is 1.73. The van der Waals surface area contributed by atoms with E-state index in [1.807, 2.05) is 6.07 Å². The number of benzene rings is 1. The third-order valence-corrected chi connectivity index (χ3v) is 4.89. The molecule has 120 valence electrons. The smallest absolute Gasteiger partial charge is 0.138 e. The molecule has 0 saturated carbocycles. The van der Waals surface area contributed by atoms with Crippen LogP contribution in [0.15, 0.2) is 30.6 Å². The van der Waals surface area contributed by atoms with Gasteiger partial charge in [0.1, 0.15) is 23.8 Å². The molecule has 2 aliphatic heterocycles. The highest BCUT2D eigenvalue weighted by atomic mass is 19.1. The molecular formula is C18H21FN4. The Balaban J connectivity index is 1.73. The van der Waals surface area contributed by atoms with Crippen molar-refractivity contribution >= 4 is 17.3 Å². The second-order valence-electron chi connectivity index (χ2n) is 6.46. The van der Waals surface area contributed by atoms with E-state index in [4.69, 9.17) is 0 Å². The van der Waals surface area contributed by atoms with Crippen molar-refractivity contribution in [1.82, 2.24) is 9.97 Å². The Labute approximate surface area is 136 Å². The van der Waals surface area contributed by atoms with E-state index in [2.05, 4.69) is 32.8 Å². The van der Waals surface area contributed by atoms with Crippen LogP contribution in [0.1, 0.15) is 31.7 Å². The summed E-state index contributed by atoms with van der Waals surface area (Å²) in [5.41, 5.74) is 2.13. The molecule has 23 heavy (non-hydrogen) atoms. The molecule has 0 N–H and O–H groups in total.